The SMILES string of the molecule is O=C1NC[C@]2(CCCN(C(=O)CCc3ccc(=O)[nH]n3)CC2)O1. The van der Waals surface area contributed by atoms with Crippen molar-refractivity contribution in [3.63, 3.8) is 0 Å². The second-order valence-electron chi connectivity index (χ2n) is 6.07. The van der Waals surface area contributed by atoms with Crippen molar-refractivity contribution in [3.05, 3.63) is 28.2 Å². The number of amides is 2. The summed E-state index contributed by atoms with van der Waals surface area (Å²) in [5.74, 6) is 0.0623. The zero-order valence-electron chi connectivity index (χ0n) is 12.8. The number of carbonyl (C=O) groups excluding carboxylic acids is 2. The smallest absolute Gasteiger partial charge is 0.407 e. The third-order valence-corrected chi connectivity index (χ3v) is 4.45. The topological polar surface area (TPSA) is 104 Å². The van der Waals surface area contributed by atoms with E-state index in [9.17, 15) is 14.4 Å². The highest BCUT2D eigenvalue weighted by Crippen LogP contribution is 2.29. The van der Waals surface area contributed by atoms with Gasteiger partial charge >= 0.3 is 6.09 Å². The lowest BCUT2D eigenvalue weighted by atomic mass is 9.95. The van der Waals surface area contributed by atoms with E-state index in [4.69, 9.17) is 4.74 Å². The molecule has 1 atom stereocenters. The van der Waals surface area contributed by atoms with Gasteiger partial charge in [0.15, 0.2) is 0 Å². The van der Waals surface area contributed by atoms with Gasteiger partial charge in [-0.05, 0) is 18.9 Å². The summed E-state index contributed by atoms with van der Waals surface area (Å²) in [6, 6.07) is 3.04. The molecular weight excluding hydrogens is 300 g/mol. The molecule has 23 heavy (non-hydrogen) atoms. The normalized spacial score (nSPS) is 24.2. The number of hydrogen-bond acceptors (Lipinski definition) is 5. The first kappa shape index (κ1) is 15.5. The van der Waals surface area contributed by atoms with Gasteiger partial charge in [-0.15, -0.1) is 0 Å². The Bertz CT molecular complexity index is 639. The molecule has 1 aromatic heterocycles. The number of aromatic nitrogens is 2. The fourth-order valence-corrected chi connectivity index (χ4v) is 3.10. The van der Waals surface area contributed by atoms with Crippen molar-refractivity contribution in [2.75, 3.05) is 19.6 Å². The summed E-state index contributed by atoms with van der Waals surface area (Å²) in [5.41, 5.74) is -0.0113. The van der Waals surface area contributed by atoms with Crippen LogP contribution in [0, 0.1) is 0 Å². The van der Waals surface area contributed by atoms with E-state index in [1.54, 1.807) is 6.07 Å². The zero-order valence-corrected chi connectivity index (χ0v) is 12.8. The van der Waals surface area contributed by atoms with E-state index in [0.29, 0.717) is 44.6 Å². The number of likely N-dealkylation sites (tertiary alicyclic amines) is 1. The predicted octanol–water partition coefficient (Wildman–Crippen LogP) is 0.194. The van der Waals surface area contributed by atoms with Crippen molar-refractivity contribution < 1.29 is 14.3 Å². The van der Waals surface area contributed by atoms with Crippen LogP contribution < -0.4 is 10.9 Å². The standard InChI is InChI=1S/C15H20N4O4/c20-12-4-2-11(17-18-12)3-5-13(21)19-8-1-6-15(7-9-19)10-16-14(22)23-15/h2,4H,1,3,5-10H2,(H,16,22)(H,18,20)/t15-/m1/s1. The van der Waals surface area contributed by atoms with Gasteiger partial charge in [-0.2, -0.15) is 5.10 Å². The van der Waals surface area contributed by atoms with Gasteiger partial charge in [0, 0.05) is 38.4 Å². The summed E-state index contributed by atoms with van der Waals surface area (Å²) >= 11 is 0. The predicted molar refractivity (Wildman–Crippen MR) is 80.8 cm³/mol. The molecule has 1 spiro atoms. The van der Waals surface area contributed by atoms with Crippen molar-refractivity contribution in [2.45, 2.75) is 37.7 Å². The van der Waals surface area contributed by atoms with Gasteiger partial charge in [0.2, 0.25) is 5.91 Å². The van der Waals surface area contributed by atoms with Gasteiger partial charge in [0.1, 0.15) is 5.60 Å². The third-order valence-electron chi connectivity index (χ3n) is 4.45. The van der Waals surface area contributed by atoms with E-state index in [2.05, 4.69) is 15.5 Å². The Morgan fingerprint density at radius 3 is 2.87 bits per heavy atom. The molecule has 0 radical (unpaired) electrons. The van der Waals surface area contributed by atoms with Gasteiger partial charge in [-0.1, -0.05) is 0 Å². The Kier molecular flexibility index (Phi) is 4.31. The Morgan fingerprint density at radius 1 is 1.30 bits per heavy atom. The number of H-pyrrole nitrogens is 1. The average Bonchev–Trinajstić information content (AvgIpc) is 2.78. The summed E-state index contributed by atoms with van der Waals surface area (Å²) in [6.45, 7) is 1.79. The third kappa shape index (κ3) is 3.69. The molecule has 0 saturated carbocycles. The van der Waals surface area contributed by atoms with Crippen LogP contribution in [0.5, 0.6) is 0 Å². The molecule has 0 aromatic carbocycles. The second-order valence-corrected chi connectivity index (χ2v) is 6.07. The molecule has 2 amide bonds. The summed E-state index contributed by atoms with van der Waals surface area (Å²) in [6.07, 6.45) is 2.73. The maximum Gasteiger partial charge on any atom is 0.407 e. The molecule has 2 aliphatic heterocycles. The number of alkyl carbamates (subject to hydrolysis) is 1. The van der Waals surface area contributed by atoms with Crippen molar-refractivity contribution in [3.8, 4) is 0 Å². The minimum absolute atomic E-state index is 0.0623. The number of carbonyl (C=O) groups is 2. The van der Waals surface area contributed by atoms with Gasteiger partial charge in [-0.25, -0.2) is 9.89 Å². The van der Waals surface area contributed by atoms with Crippen LogP contribution >= 0.6 is 0 Å². The molecule has 3 rings (SSSR count). The van der Waals surface area contributed by atoms with Gasteiger partial charge < -0.3 is 15.0 Å². The summed E-state index contributed by atoms with van der Waals surface area (Å²) in [7, 11) is 0. The fraction of sp³-hybridized carbons (Fsp3) is 0.600. The molecule has 124 valence electrons. The van der Waals surface area contributed by atoms with E-state index in [0.717, 1.165) is 12.8 Å². The van der Waals surface area contributed by atoms with Crippen LogP contribution in [-0.4, -0.2) is 52.3 Å². The Morgan fingerprint density at radius 2 is 2.17 bits per heavy atom. The number of rotatable bonds is 3. The maximum absolute atomic E-state index is 12.4. The summed E-state index contributed by atoms with van der Waals surface area (Å²) < 4.78 is 5.41. The monoisotopic (exact) mass is 320 g/mol. The number of nitrogens with one attached hydrogen (secondary N) is 2. The van der Waals surface area contributed by atoms with Crippen molar-refractivity contribution in [1.29, 1.82) is 0 Å². The molecular formula is C15H20N4O4. The Labute approximate surface area is 133 Å². The number of hydrogen-bond donors (Lipinski definition) is 2. The van der Waals surface area contributed by atoms with E-state index in [1.165, 1.54) is 6.07 Å². The van der Waals surface area contributed by atoms with Crippen molar-refractivity contribution in [2.24, 2.45) is 0 Å². The minimum atomic E-state index is -0.452. The minimum Gasteiger partial charge on any atom is -0.441 e. The van der Waals surface area contributed by atoms with Crippen LogP contribution in [0.15, 0.2) is 16.9 Å². The van der Waals surface area contributed by atoms with E-state index in [1.807, 2.05) is 4.90 Å². The lowest BCUT2D eigenvalue weighted by Crippen LogP contribution is -2.36. The molecule has 0 bridgehead atoms. The highest BCUT2D eigenvalue weighted by atomic mass is 16.6. The molecule has 0 unspecified atom stereocenters. The fourth-order valence-electron chi connectivity index (χ4n) is 3.10. The maximum atomic E-state index is 12.4. The Hall–Kier alpha value is -2.38. The van der Waals surface area contributed by atoms with Gasteiger partial charge in [0.25, 0.3) is 5.56 Å². The van der Waals surface area contributed by atoms with Gasteiger partial charge in [-0.3, -0.25) is 9.59 Å². The number of aromatic amines is 1. The van der Waals surface area contributed by atoms with Crippen molar-refractivity contribution in [1.82, 2.24) is 20.4 Å². The lowest BCUT2D eigenvalue weighted by molar-refractivity contribution is -0.131. The van der Waals surface area contributed by atoms with Crippen LogP contribution in [0.2, 0.25) is 0 Å². The molecule has 2 aliphatic rings. The Balaban J connectivity index is 1.53. The van der Waals surface area contributed by atoms with Crippen LogP contribution in [-0.2, 0) is 16.0 Å². The highest BCUT2D eigenvalue weighted by Gasteiger charge is 2.41. The molecule has 3 heterocycles. The molecule has 2 saturated heterocycles. The van der Waals surface area contributed by atoms with Crippen LogP contribution in [0.4, 0.5) is 4.79 Å². The molecule has 2 N–H and O–H groups in total. The number of nitrogens with zero attached hydrogens (tertiary/aromatic N) is 2. The lowest BCUT2D eigenvalue weighted by Gasteiger charge is -2.25. The first-order valence-corrected chi connectivity index (χ1v) is 7.86. The van der Waals surface area contributed by atoms with E-state index in [-0.39, 0.29) is 17.6 Å². The largest absolute Gasteiger partial charge is 0.441 e. The number of ether oxygens (including phenoxy) is 1. The van der Waals surface area contributed by atoms with E-state index >= 15 is 0 Å². The first-order valence-electron chi connectivity index (χ1n) is 7.86. The molecule has 2 fully saturated rings. The summed E-state index contributed by atoms with van der Waals surface area (Å²) in [5, 5.41) is 8.97. The summed E-state index contributed by atoms with van der Waals surface area (Å²) in [4.78, 5) is 36.4. The molecule has 1 aromatic rings. The number of aryl methyl sites for hydroxylation is 1. The molecule has 0 aliphatic carbocycles. The van der Waals surface area contributed by atoms with E-state index < -0.39 is 5.60 Å². The second kappa shape index (κ2) is 6.39. The quantitative estimate of drug-likeness (QED) is 0.827. The molecule has 8 nitrogen and oxygen atoms in total. The average molecular weight is 320 g/mol. The zero-order chi connectivity index (χ0) is 16.3. The highest BCUT2D eigenvalue weighted by molar-refractivity contribution is 5.76. The van der Waals surface area contributed by atoms with Gasteiger partial charge in [0.05, 0.1) is 12.2 Å². The first-order chi connectivity index (χ1) is 11.1. The van der Waals surface area contributed by atoms with Crippen LogP contribution in [0.1, 0.15) is 31.4 Å². The van der Waals surface area contributed by atoms with Crippen LogP contribution in [0.3, 0.4) is 0 Å². The van der Waals surface area contributed by atoms with Crippen molar-refractivity contribution >= 4 is 12.0 Å². The van der Waals surface area contributed by atoms with Crippen LogP contribution in [0.25, 0.3) is 0 Å². The molecule has 8 heteroatoms.